The number of nitrogens with one attached hydrogen (secondary N) is 1. The zero-order chi connectivity index (χ0) is 15.1. The number of amides is 2. The standard InChI is InChI=1S/C11H12FN3O4S/c1-6-8(12)2-7(3-9(6)13)20(18,19)15-4-10(16)14-11(17)5-15/h2-3H,4-5,13H2,1H3,(H,14,16,17). The summed E-state index contributed by atoms with van der Waals surface area (Å²) in [7, 11) is -4.16. The van der Waals surface area contributed by atoms with Crippen LogP contribution in [-0.2, 0) is 19.6 Å². The van der Waals surface area contributed by atoms with Crippen LogP contribution in [0.4, 0.5) is 10.1 Å². The number of anilines is 1. The summed E-state index contributed by atoms with van der Waals surface area (Å²) in [4.78, 5) is 22.0. The molecule has 2 amide bonds. The Morgan fingerprint density at radius 3 is 2.30 bits per heavy atom. The van der Waals surface area contributed by atoms with Crippen LogP contribution in [0.25, 0.3) is 0 Å². The van der Waals surface area contributed by atoms with Gasteiger partial charge in [-0.25, -0.2) is 12.8 Å². The fraction of sp³-hybridized carbons (Fsp3) is 0.273. The number of imide groups is 1. The van der Waals surface area contributed by atoms with Crippen molar-refractivity contribution in [2.75, 3.05) is 18.8 Å². The summed E-state index contributed by atoms with van der Waals surface area (Å²) in [5.41, 5.74) is 5.65. The number of carbonyl (C=O) groups excluding carboxylic acids is 2. The normalized spacial score (nSPS) is 17.1. The molecule has 3 N–H and O–H groups in total. The molecule has 0 bridgehead atoms. The van der Waals surface area contributed by atoms with E-state index in [1.807, 2.05) is 5.32 Å². The quantitative estimate of drug-likeness (QED) is 0.558. The van der Waals surface area contributed by atoms with Gasteiger partial charge in [-0.1, -0.05) is 0 Å². The number of rotatable bonds is 2. The van der Waals surface area contributed by atoms with Gasteiger partial charge in [-0.15, -0.1) is 0 Å². The van der Waals surface area contributed by atoms with Crippen LogP contribution >= 0.6 is 0 Å². The molecular weight excluding hydrogens is 289 g/mol. The zero-order valence-corrected chi connectivity index (χ0v) is 11.3. The van der Waals surface area contributed by atoms with E-state index in [9.17, 15) is 22.4 Å². The highest BCUT2D eigenvalue weighted by Gasteiger charge is 2.33. The molecule has 108 valence electrons. The number of nitrogen functional groups attached to an aromatic ring is 1. The number of nitrogens with zero attached hydrogens (tertiary/aromatic N) is 1. The van der Waals surface area contributed by atoms with Crippen molar-refractivity contribution in [2.45, 2.75) is 11.8 Å². The number of carbonyl (C=O) groups is 2. The van der Waals surface area contributed by atoms with Gasteiger partial charge >= 0.3 is 0 Å². The van der Waals surface area contributed by atoms with E-state index in [0.717, 1.165) is 12.1 Å². The van der Waals surface area contributed by atoms with Gasteiger partial charge in [0, 0.05) is 11.3 Å². The maximum atomic E-state index is 13.6. The first-order valence-electron chi connectivity index (χ1n) is 5.60. The molecule has 0 saturated carbocycles. The molecule has 0 unspecified atom stereocenters. The van der Waals surface area contributed by atoms with Crippen LogP contribution < -0.4 is 11.1 Å². The number of piperazine rings is 1. The second-order valence-corrected chi connectivity index (χ2v) is 6.30. The Bertz CT molecular complexity index is 663. The van der Waals surface area contributed by atoms with E-state index in [2.05, 4.69) is 0 Å². The van der Waals surface area contributed by atoms with E-state index < -0.39 is 40.7 Å². The topological polar surface area (TPSA) is 110 Å². The Kier molecular flexibility index (Phi) is 3.48. The van der Waals surface area contributed by atoms with Crippen LogP contribution in [0.5, 0.6) is 0 Å². The summed E-state index contributed by atoms with van der Waals surface area (Å²) in [5, 5.41) is 1.98. The summed E-state index contributed by atoms with van der Waals surface area (Å²) in [6, 6.07) is 1.92. The molecule has 9 heteroatoms. The van der Waals surface area contributed by atoms with Crippen LogP contribution in [0.1, 0.15) is 5.56 Å². The first kappa shape index (κ1) is 14.4. The fourth-order valence-electron chi connectivity index (χ4n) is 1.75. The maximum Gasteiger partial charge on any atom is 0.244 e. The predicted octanol–water partition coefficient (Wildman–Crippen LogP) is -0.637. The zero-order valence-electron chi connectivity index (χ0n) is 10.5. The third-order valence-corrected chi connectivity index (χ3v) is 4.68. The number of nitrogens with two attached hydrogens (primary N) is 1. The molecule has 1 aromatic rings. The summed E-state index contributed by atoms with van der Waals surface area (Å²) >= 11 is 0. The molecule has 0 spiro atoms. The lowest BCUT2D eigenvalue weighted by Gasteiger charge is -2.25. The number of hydrogen-bond donors (Lipinski definition) is 2. The van der Waals surface area contributed by atoms with Crippen molar-refractivity contribution in [3.05, 3.63) is 23.5 Å². The highest BCUT2D eigenvalue weighted by atomic mass is 32.2. The number of sulfonamides is 1. The van der Waals surface area contributed by atoms with Crippen molar-refractivity contribution >= 4 is 27.5 Å². The van der Waals surface area contributed by atoms with Crippen molar-refractivity contribution in [3.63, 3.8) is 0 Å². The van der Waals surface area contributed by atoms with E-state index in [1.54, 1.807) is 0 Å². The maximum absolute atomic E-state index is 13.6. The minimum Gasteiger partial charge on any atom is -0.398 e. The van der Waals surface area contributed by atoms with Gasteiger partial charge in [0.25, 0.3) is 0 Å². The van der Waals surface area contributed by atoms with Crippen molar-refractivity contribution in [2.24, 2.45) is 0 Å². The molecule has 0 aromatic heterocycles. The average molecular weight is 301 g/mol. The molecule has 1 fully saturated rings. The molecule has 1 aliphatic heterocycles. The van der Waals surface area contributed by atoms with E-state index in [0.29, 0.717) is 4.31 Å². The van der Waals surface area contributed by atoms with Crippen molar-refractivity contribution in [3.8, 4) is 0 Å². The predicted molar refractivity (Wildman–Crippen MR) is 67.5 cm³/mol. The molecule has 7 nitrogen and oxygen atoms in total. The van der Waals surface area contributed by atoms with Gasteiger partial charge in [0.2, 0.25) is 21.8 Å². The second-order valence-electron chi connectivity index (χ2n) is 4.36. The summed E-state index contributed by atoms with van der Waals surface area (Å²) in [5.74, 6) is -2.23. The van der Waals surface area contributed by atoms with Crippen molar-refractivity contribution < 1.29 is 22.4 Å². The second kappa shape index (κ2) is 4.84. The summed E-state index contributed by atoms with van der Waals surface area (Å²) < 4.78 is 38.8. The largest absolute Gasteiger partial charge is 0.398 e. The Hall–Kier alpha value is -2.00. The monoisotopic (exact) mass is 301 g/mol. The van der Waals surface area contributed by atoms with Crippen molar-refractivity contribution in [1.82, 2.24) is 9.62 Å². The first-order valence-corrected chi connectivity index (χ1v) is 7.04. The highest BCUT2D eigenvalue weighted by molar-refractivity contribution is 7.89. The molecule has 20 heavy (non-hydrogen) atoms. The van der Waals surface area contributed by atoms with E-state index in [1.165, 1.54) is 6.92 Å². The van der Waals surface area contributed by atoms with Gasteiger partial charge in [0.15, 0.2) is 0 Å². The molecule has 0 atom stereocenters. The lowest BCUT2D eigenvalue weighted by Crippen LogP contribution is -2.53. The van der Waals surface area contributed by atoms with Crippen LogP contribution in [0, 0.1) is 12.7 Å². The van der Waals surface area contributed by atoms with Gasteiger partial charge in [0.05, 0.1) is 18.0 Å². The van der Waals surface area contributed by atoms with Gasteiger partial charge in [-0.3, -0.25) is 14.9 Å². The average Bonchev–Trinajstić information content (AvgIpc) is 2.34. The highest BCUT2D eigenvalue weighted by Crippen LogP contribution is 2.24. The van der Waals surface area contributed by atoms with Gasteiger partial charge in [0.1, 0.15) is 5.82 Å². The van der Waals surface area contributed by atoms with Gasteiger partial charge < -0.3 is 5.73 Å². The number of halogens is 1. The molecule has 2 rings (SSSR count). The van der Waals surface area contributed by atoms with E-state index in [4.69, 9.17) is 5.73 Å². The van der Waals surface area contributed by atoms with Gasteiger partial charge in [-0.05, 0) is 19.1 Å². The summed E-state index contributed by atoms with van der Waals surface area (Å²) in [6.45, 7) is 0.422. The minimum atomic E-state index is -4.16. The Morgan fingerprint density at radius 2 is 1.80 bits per heavy atom. The molecule has 1 heterocycles. The minimum absolute atomic E-state index is 0.0173. The Labute approximate surface area is 114 Å². The molecule has 1 aliphatic rings. The van der Waals surface area contributed by atoms with Crippen LogP contribution in [0.15, 0.2) is 17.0 Å². The summed E-state index contributed by atoms with van der Waals surface area (Å²) in [6.07, 6.45) is 0. The smallest absolute Gasteiger partial charge is 0.244 e. The van der Waals surface area contributed by atoms with Gasteiger partial charge in [-0.2, -0.15) is 4.31 Å². The SMILES string of the molecule is Cc1c(N)cc(S(=O)(=O)N2CC(=O)NC(=O)C2)cc1F. The third-order valence-electron chi connectivity index (χ3n) is 2.91. The third kappa shape index (κ3) is 2.49. The molecule has 0 radical (unpaired) electrons. The lowest BCUT2D eigenvalue weighted by molar-refractivity contribution is -0.134. The molecule has 1 aromatic carbocycles. The van der Waals surface area contributed by atoms with E-state index in [-0.39, 0.29) is 16.1 Å². The molecule has 1 saturated heterocycles. The van der Waals surface area contributed by atoms with Crippen molar-refractivity contribution in [1.29, 1.82) is 0 Å². The van der Waals surface area contributed by atoms with Crippen LogP contribution in [-0.4, -0.2) is 37.6 Å². The van der Waals surface area contributed by atoms with E-state index >= 15 is 0 Å². The lowest BCUT2D eigenvalue weighted by atomic mass is 10.2. The van der Waals surface area contributed by atoms with Crippen LogP contribution in [0.3, 0.4) is 0 Å². The fourth-order valence-corrected chi connectivity index (χ4v) is 3.15. The Balaban J connectivity index is 2.45. The Morgan fingerprint density at radius 1 is 1.25 bits per heavy atom. The first-order chi connectivity index (χ1) is 9.21. The molecule has 0 aliphatic carbocycles. The van der Waals surface area contributed by atoms with Crippen LogP contribution in [0.2, 0.25) is 0 Å². The number of benzene rings is 1. The number of hydrogen-bond acceptors (Lipinski definition) is 5. The molecular formula is C11H12FN3O4S.